The fourth-order valence-corrected chi connectivity index (χ4v) is 4.20. The summed E-state index contributed by atoms with van der Waals surface area (Å²) >= 11 is 1.44. The molecule has 2 heterocycles. The molecule has 0 bridgehead atoms. The van der Waals surface area contributed by atoms with Crippen LogP contribution in [-0.4, -0.2) is 15.5 Å². The van der Waals surface area contributed by atoms with E-state index in [1.54, 1.807) is 0 Å². The van der Waals surface area contributed by atoms with E-state index < -0.39 is 0 Å². The van der Waals surface area contributed by atoms with Gasteiger partial charge in [-0.2, -0.15) is 0 Å². The molecule has 0 unspecified atom stereocenters. The average Bonchev–Trinajstić information content (AvgIpc) is 3.16. The van der Waals surface area contributed by atoms with Crippen LogP contribution in [0.25, 0.3) is 21.3 Å². The van der Waals surface area contributed by atoms with Crippen LogP contribution in [0.3, 0.4) is 0 Å². The second-order valence-corrected chi connectivity index (χ2v) is 7.93. The van der Waals surface area contributed by atoms with Crippen LogP contribution in [-0.2, 0) is 11.3 Å². The van der Waals surface area contributed by atoms with Crippen molar-refractivity contribution in [2.45, 2.75) is 26.4 Å². The molecule has 4 rings (SSSR count). The van der Waals surface area contributed by atoms with E-state index in [-0.39, 0.29) is 24.1 Å². The van der Waals surface area contributed by atoms with Gasteiger partial charge in [-0.25, -0.2) is 4.98 Å². The first-order chi connectivity index (χ1) is 14.0. The topological polar surface area (TPSA) is 64.0 Å². The minimum Gasteiger partial charge on any atom is -0.348 e. The smallest absolute Gasteiger partial charge is 0.263 e. The molecule has 2 aromatic heterocycles. The number of nitrogens with zero attached hydrogens (tertiary/aromatic N) is 2. The lowest BCUT2D eigenvalue weighted by Gasteiger charge is -2.14. The van der Waals surface area contributed by atoms with Crippen LogP contribution in [0.4, 0.5) is 0 Å². The van der Waals surface area contributed by atoms with Crippen LogP contribution in [0.15, 0.2) is 71.1 Å². The Bertz CT molecular complexity index is 1210. The van der Waals surface area contributed by atoms with Gasteiger partial charge in [0.15, 0.2) is 0 Å². The maximum Gasteiger partial charge on any atom is 0.263 e. The molecule has 29 heavy (non-hydrogen) atoms. The molecule has 6 heteroatoms. The number of aromatic nitrogens is 2. The molecule has 0 spiro atoms. The Kier molecular flexibility index (Phi) is 5.27. The van der Waals surface area contributed by atoms with Gasteiger partial charge in [0.25, 0.3) is 5.56 Å². The monoisotopic (exact) mass is 403 g/mol. The number of hydrogen-bond acceptors (Lipinski definition) is 4. The van der Waals surface area contributed by atoms with E-state index in [1.165, 1.54) is 22.2 Å². The van der Waals surface area contributed by atoms with Crippen molar-refractivity contribution >= 4 is 27.5 Å². The number of hydrogen-bond donors (Lipinski definition) is 1. The summed E-state index contributed by atoms with van der Waals surface area (Å²) in [6.45, 7) is 3.88. The van der Waals surface area contributed by atoms with E-state index >= 15 is 0 Å². The maximum absolute atomic E-state index is 13.1. The number of carbonyl (C=O) groups excluding carboxylic acids is 1. The molecular weight excluding hydrogens is 382 g/mol. The summed E-state index contributed by atoms with van der Waals surface area (Å²) in [7, 11) is 0. The highest BCUT2D eigenvalue weighted by Crippen LogP contribution is 2.30. The first kappa shape index (κ1) is 19.1. The summed E-state index contributed by atoms with van der Waals surface area (Å²) < 4.78 is 1.37. The summed E-state index contributed by atoms with van der Waals surface area (Å²) in [6, 6.07) is 17.6. The Labute approximate surface area is 172 Å². The van der Waals surface area contributed by atoms with E-state index in [9.17, 15) is 9.59 Å². The van der Waals surface area contributed by atoms with E-state index in [4.69, 9.17) is 0 Å². The molecule has 2 aromatic carbocycles. The van der Waals surface area contributed by atoms with Gasteiger partial charge in [-0.3, -0.25) is 14.2 Å². The van der Waals surface area contributed by atoms with Gasteiger partial charge in [0, 0.05) is 10.9 Å². The third-order valence-electron chi connectivity index (χ3n) is 4.91. The van der Waals surface area contributed by atoms with Crippen molar-refractivity contribution in [2.75, 3.05) is 0 Å². The van der Waals surface area contributed by atoms with Crippen molar-refractivity contribution < 1.29 is 4.79 Å². The van der Waals surface area contributed by atoms with Crippen molar-refractivity contribution in [3.8, 4) is 11.1 Å². The van der Waals surface area contributed by atoms with Crippen LogP contribution in [0.1, 0.15) is 24.1 Å². The van der Waals surface area contributed by atoms with Crippen molar-refractivity contribution in [1.29, 1.82) is 0 Å². The summed E-state index contributed by atoms with van der Waals surface area (Å²) in [6.07, 6.45) is 1.45. The Morgan fingerprint density at radius 3 is 2.59 bits per heavy atom. The quantitative estimate of drug-likeness (QED) is 0.540. The number of carbonyl (C=O) groups is 1. The summed E-state index contributed by atoms with van der Waals surface area (Å²) in [5.41, 5.74) is 3.80. The number of fused-ring (bicyclic) bond motifs is 1. The largest absolute Gasteiger partial charge is 0.348 e. The zero-order chi connectivity index (χ0) is 20.4. The molecule has 0 aliphatic carbocycles. The minimum absolute atomic E-state index is 0.0673. The van der Waals surface area contributed by atoms with Crippen molar-refractivity contribution in [1.82, 2.24) is 14.9 Å². The number of rotatable bonds is 5. The number of benzene rings is 2. The van der Waals surface area contributed by atoms with Gasteiger partial charge in [0.05, 0.1) is 17.8 Å². The van der Waals surface area contributed by atoms with Gasteiger partial charge >= 0.3 is 0 Å². The van der Waals surface area contributed by atoms with Crippen LogP contribution < -0.4 is 10.9 Å². The van der Waals surface area contributed by atoms with Crippen LogP contribution in [0, 0.1) is 6.92 Å². The highest BCUT2D eigenvalue weighted by atomic mass is 32.1. The second kappa shape index (κ2) is 8.01. The molecular formula is C23H21N3O2S. The van der Waals surface area contributed by atoms with E-state index in [1.807, 2.05) is 73.8 Å². The highest BCUT2D eigenvalue weighted by Gasteiger charge is 2.16. The Balaban J connectivity index is 1.60. The van der Waals surface area contributed by atoms with Gasteiger partial charge in [-0.05, 0) is 25.0 Å². The fourth-order valence-electron chi connectivity index (χ4n) is 3.29. The summed E-state index contributed by atoms with van der Waals surface area (Å²) in [5.74, 6) is -0.225. The normalized spacial score (nSPS) is 12.1. The van der Waals surface area contributed by atoms with E-state index in [0.29, 0.717) is 10.2 Å². The minimum atomic E-state index is -0.225. The first-order valence-corrected chi connectivity index (χ1v) is 10.3. The van der Waals surface area contributed by atoms with Crippen LogP contribution in [0.2, 0.25) is 0 Å². The van der Waals surface area contributed by atoms with Crippen molar-refractivity contribution in [2.24, 2.45) is 0 Å². The van der Waals surface area contributed by atoms with Gasteiger partial charge in [-0.15, -0.1) is 11.3 Å². The SMILES string of the molecule is Cc1ccc(-c2csc3ncn(CC(=O)N[C@@H](C)c4ccccc4)c(=O)c23)cc1. The molecule has 0 saturated heterocycles. The highest BCUT2D eigenvalue weighted by molar-refractivity contribution is 7.17. The maximum atomic E-state index is 13.1. The average molecular weight is 404 g/mol. The Morgan fingerprint density at radius 1 is 1.14 bits per heavy atom. The number of aryl methyl sites for hydroxylation is 1. The van der Waals surface area contributed by atoms with Gasteiger partial charge in [-0.1, -0.05) is 60.2 Å². The van der Waals surface area contributed by atoms with Gasteiger partial charge < -0.3 is 5.32 Å². The molecule has 1 amide bonds. The van der Waals surface area contributed by atoms with Crippen molar-refractivity contribution in [3.05, 3.63) is 87.8 Å². The zero-order valence-electron chi connectivity index (χ0n) is 16.3. The molecule has 1 atom stereocenters. The lowest BCUT2D eigenvalue weighted by molar-refractivity contribution is -0.122. The molecule has 0 aliphatic heterocycles. The first-order valence-electron chi connectivity index (χ1n) is 9.41. The molecule has 1 N–H and O–H groups in total. The molecule has 0 aliphatic rings. The van der Waals surface area contributed by atoms with Gasteiger partial charge in [0.1, 0.15) is 11.4 Å². The van der Waals surface area contributed by atoms with E-state index in [0.717, 1.165) is 22.3 Å². The standard InChI is InChI=1S/C23H21N3O2S/c1-15-8-10-18(11-9-15)19-13-29-22-21(19)23(28)26(14-24-22)12-20(27)25-16(2)17-6-4-3-5-7-17/h3-11,13-14,16H,12H2,1-2H3,(H,25,27)/t16-/m0/s1. The van der Waals surface area contributed by atoms with Gasteiger partial charge in [0.2, 0.25) is 5.91 Å². The van der Waals surface area contributed by atoms with E-state index in [2.05, 4.69) is 10.3 Å². The Morgan fingerprint density at radius 2 is 1.86 bits per heavy atom. The molecule has 0 saturated carbocycles. The fraction of sp³-hybridized carbons (Fsp3) is 0.174. The Hall–Kier alpha value is -3.25. The number of thiophene rings is 1. The zero-order valence-corrected chi connectivity index (χ0v) is 17.1. The lowest BCUT2D eigenvalue weighted by Crippen LogP contribution is -2.33. The third-order valence-corrected chi connectivity index (χ3v) is 5.80. The summed E-state index contributed by atoms with van der Waals surface area (Å²) in [5, 5.41) is 5.45. The molecule has 0 fully saturated rings. The van der Waals surface area contributed by atoms with Crippen molar-refractivity contribution in [3.63, 3.8) is 0 Å². The van der Waals surface area contributed by atoms with Crippen LogP contribution in [0.5, 0.6) is 0 Å². The predicted octanol–water partition coefficient (Wildman–Crippen LogP) is 4.31. The molecule has 0 radical (unpaired) electrons. The summed E-state index contributed by atoms with van der Waals surface area (Å²) in [4.78, 5) is 30.7. The molecule has 4 aromatic rings. The molecule has 146 valence electrons. The lowest BCUT2D eigenvalue weighted by atomic mass is 10.1. The predicted molar refractivity (Wildman–Crippen MR) is 117 cm³/mol. The number of nitrogens with one attached hydrogen (secondary N) is 1. The second-order valence-electron chi connectivity index (χ2n) is 7.07. The van der Waals surface area contributed by atoms with Crippen LogP contribution >= 0.6 is 11.3 Å². The molecule has 5 nitrogen and oxygen atoms in total. The third kappa shape index (κ3) is 3.98. The number of amides is 1.